The maximum Gasteiger partial charge on any atom is 0.273 e. The van der Waals surface area contributed by atoms with E-state index in [-0.39, 0.29) is 35.8 Å². The molecule has 0 saturated heterocycles. The van der Waals surface area contributed by atoms with Gasteiger partial charge in [-0.2, -0.15) is 0 Å². The number of thiophene rings is 1. The second-order valence-corrected chi connectivity index (χ2v) is 7.76. The van der Waals surface area contributed by atoms with E-state index in [0.717, 1.165) is 9.56 Å². The summed E-state index contributed by atoms with van der Waals surface area (Å²) in [5, 5.41) is 5.08. The van der Waals surface area contributed by atoms with Crippen LogP contribution in [-0.2, 0) is 17.9 Å². The minimum absolute atomic E-state index is 0.00304. The molecular weight excluding hydrogens is 405 g/mol. The molecule has 0 aliphatic carbocycles. The van der Waals surface area contributed by atoms with Crippen molar-refractivity contribution in [3.05, 3.63) is 97.4 Å². The smallest absolute Gasteiger partial charge is 0.273 e. The highest BCUT2D eigenvalue weighted by atomic mass is 32.1. The van der Waals surface area contributed by atoms with Crippen LogP contribution < -0.4 is 16.0 Å². The number of rotatable bonds is 6. The number of amides is 1. The van der Waals surface area contributed by atoms with Crippen LogP contribution in [0.3, 0.4) is 0 Å². The van der Waals surface area contributed by atoms with Gasteiger partial charge in [0, 0.05) is 17.0 Å². The Bertz CT molecular complexity index is 1290. The molecule has 0 saturated carbocycles. The lowest BCUT2D eigenvalue weighted by Crippen LogP contribution is -2.34. The van der Waals surface area contributed by atoms with E-state index in [4.69, 9.17) is 0 Å². The van der Waals surface area contributed by atoms with Crippen LogP contribution in [0.25, 0.3) is 10.8 Å². The van der Waals surface area contributed by atoms with Crippen molar-refractivity contribution in [2.24, 2.45) is 0 Å². The molecule has 1 N–H and O–H groups in total. The van der Waals surface area contributed by atoms with Crippen LogP contribution in [0, 0.1) is 5.82 Å². The quantitative estimate of drug-likeness (QED) is 0.516. The third-order valence-electron chi connectivity index (χ3n) is 4.77. The van der Waals surface area contributed by atoms with Crippen molar-refractivity contribution in [2.75, 3.05) is 4.90 Å². The van der Waals surface area contributed by atoms with Gasteiger partial charge in [-0.05, 0) is 47.8 Å². The summed E-state index contributed by atoms with van der Waals surface area (Å²) < 4.78 is 14.5. The number of fused-ring (bicyclic) bond motifs is 1. The van der Waals surface area contributed by atoms with Gasteiger partial charge in [-0.15, -0.1) is 11.3 Å². The molecule has 4 rings (SSSR count). The van der Waals surface area contributed by atoms with Gasteiger partial charge in [0.1, 0.15) is 5.82 Å². The third kappa shape index (κ3) is 4.08. The van der Waals surface area contributed by atoms with Gasteiger partial charge in [-0.3, -0.25) is 19.5 Å². The van der Waals surface area contributed by atoms with Crippen molar-refractivity contribution in [3.8, 4) is 0 Å². The summed E-state index contributed by atoms with van der Waals surface area (Å²) in [4.78, 5) is 40.4. The number of aromatic amines is 1. The Morgan fingerprint density at radius 2 is 1.73 bits per heavy atom. The Kier molecular flexibility index (Phi) is 5.58. The summed E-state index contributed by atoms with van der Waals surface area (Å²) in [6.07, 6.45) is -0.00304. The Balaban J connectivity index is 1.59. The molecule has 1 amide bonds. The Hall–Kier alpha value is -3.52. The van der Waals surface area contributed by atoms with Gasteiger partial charge in [0.15, 0.2) is 0 Å². The zero-order chi connectivity index (χ0) is 21.1. The van der Waals surface area contributed by atoms with Crippen LogP contribution in [0.4, 0.5) is 10.1 Å². The molecule has 0 spiro atoms. The molecular formula is C22H18FN3O3S. The fourth-order valence-corrected chi connectivity index (χ4v) is 3.94. The number of nitrogens with one attached hydrogen (secondary N) is 1. The minimum atomic E-state index is -0.387. The number of benzene rings is 2. The summed E-state index contributed by atoms with van der Waals surface area (Å²) in [6, 6.07) is 16.1. The van der Waals surface area contributed by atoms with Crippen molar-refractivity contribution in [1.82, 2.24) is 9.78 Å². The van der Waals surface area contributed by atoms with Gasteiger partial charge in [0.2, 0.25) is 5.91 Å². The van der Waals surface area contributed by atoms with Crippen LogP contribution in [0.15, 0.2) is 75.6 Å². The highest BCUT2D eigenvalue weighted by Gasteiger charge is 2.18. The number of anilines is 1. The van der Waals surface area contributed by atoms with Gasteiger partial charge in [0.25, 0.3) is 11.1 Å². The van der Waals surface area contributed by atoms with Crippen molar-refractivity contribution in [2.45, 2.75) is 19.5 Å². The molecule has 2 aromatic heterocycles. The van der Waals surface area contributed by atoms with E-state index in [0.29, 0.717) is 23.0 Å². The second-order valence-electron chi connectivity index (χ2n) is 6.73. The molecule has 30 heavy (non-hydrogen) atoms. The first kappa shape index (κ1) is 19.8. The topological polar surface area (TPSA) is 75.2 Å². The third-order valence-corrected chi connectivity index (χ3v) is 5.63. The van der Waals surface area contributed by atoms with Crippen LogP contribution in [-0.4, -0.2) is 15.7 Å². The van der Waals surface area contributed by atoms with Crippen LogP contribution >= 0.6 is 11.3 Å². The number of carbonyl (C=O) groups is 1. The number of nitrogens with zero attached hydrogens (tertiary/aromatic N) is 2. The molecule has 0 aliphatic rings. The average Bonchev–Trinajstić information content (AvgIpc) is 3.27. The fraction of sp³-hybridized carbons (Fsp3) is 0.136. The summed E-state index contributed by atoms with van der Waals surface area (Å²) in [6.45, 7) is 0.366. The van der Waals surface area contributed by atoms with E-state index in [9.17, 15) is 18.8 Å². The lowest BCUT2D eigenvalue weighted by atomic mass is 10.2. The summed E-state index contributed by atoms with van der Waals surface area (Å²) in [5.41, 5.74) is -0.176. The first-order valence-electron chi connectivity index (χ1n) is 9.33. The number of aryl methyl sites for hydroxylation is 1. The summed E-state index contributed by atoms with van der Waals surface area (Å²) in [5.74, 6) is -0.626. The fourth-order valence-electron chi connectivity index (χ4n) is 3.25. The number of carbonyl (C=O) groups excluding carboxylic acids is 1. The summed E-state index contributed by atoms with van der Waals surface area (Å²) >= 11 is 1.52. The van der Waals surface area contributed by atoms with Crippen molar-refractivity contribution >= 4 is 33.7 Å². The van der Waals surface area contributed by atoms with E-state index in [1.807, 2.05) is 17.5 Å². The Morgan fingerprint density at radius 1 is 1.00 bits per heavy atom. The number of H-pyrrole nitrogens is 1. The predicted octanol–water partition coefficient (Wildman–Crippen LogP) is 3.51. The Labute approximate surface area is 174 Å². The molecule has 0 bridgehead atoms. The van der Waals surface area contributed by atoms with Crippen LogP contribution in [0.2, 0.25) is 0 Å². The first-order chi connectivity index (χ1) is 14.5. The standard InChI is InChI=1S/C22H18FN3O3S/c23-15-7-9-16(10-8-15)25(14-17-4-3-13-30-17)20(27)11-12-26-22(29)19-6-2-1-5-18(19)21(28)24-26/h1-10,13H,11-12,14H2,(H,24,28). The number of halogens is 1. The highest BCUT2D eigenvalue weighted by Crippen LogP contribution is 2.21. The van der Waals surface area contributed by atoms with Gasteiger partial charge in [0.05, 0.1) is 23.9 Å². The van der Waals surface area contributed by atoms with Crippen LogP contribution in [0.5, 0.6) is 0 Å². The zero-order valence-corrected chi connectivity index (χ0v) is 16.7. The van der Waals surface area contributed by atoms with E-state index >= 15 is 0 Å². The minimum Gasteiger partial charge on any atom is -0.307 e. The summed E-state index contributed by atoms with van der Waals surface area (Å²) in [7, 11) is 0. The van der Waals surface area contributed by atoms with Gasteiger partial charge < -0.3 is 4.90 Å². The maximum atomic E-state index is 13.3. The van der Waals surface area contributed by atoms with Crippen molar-refractivity contribution < 1.29 is 9.18 Å². The predicted molar refractivity (Wildman–Crippen MR) is 115 cm³/mol. The molecule has 6 nitrogen and oxygen atoms in total. The monoisotopic (exact) mass is 423 g/mol. The number of hydrogen-bond donors (Lipinski definition) is 1. The average molecular weight is 423 g/mol. The van der Waals surface area contributed by atoms with Gasteiger partial charge in [-0.25, -0.2) is 9.07 Å². The molecule has 2 heterocycles. The maximum absolute atomic E-state index is 13.3. The molecule has 152 valence electrons. The van der Waals surface area contributed by atoms with E-state index in [1.54, 1.807) is 41.3 Å². The molecule has 2 aromatic carbocycles. The second kappa shape index (κ2) is 8.46. The molecule has 0 radical (unpaired) electrons. The normalized spacial score (nSPS) is 11.0. The Morgan fingerprint density at radius 3 is 2.43 bits per heavy atom. The van der Waals surface area contributed by atoms with E-state index < -0.39 is 0 Å². The molecule has 0 atom stereocenters. The zero-order valence-electron chi connectivity index (χ0n) is 15.9. The molecule has 4 aromatic rings. The van der Waals surface area contributed by atoms with E-state index in [2.05, 4.69) is 5.10 Å². The molecule has 8 heteroatoms. The van der Waals surface area contributed by atoms with Crippen molar-refractivity contribution in [1.29, 1.82) is 0 Å². The SMILES string of the molecule is O=C(CCn1[nH]c(=O)c2ccccc2c1=O)N(Cc1cccs1)c1ccc(F)cc1. The lowest BCUT2D eigenvalue weighted by Gasteiger charge is -2.22. The molecule has 0 aliphatic heterocycles. The number of hydrogen-bond acceptors (Lipinski definition) is 4. The molecule has 0 fully saturated rings. The van der Waals surface area contributed by atoms with Crippen LogP contribution in [0.1, 0.15) is 11.3 Å². The highest BCUT2D eigenvalue weighted by molar-refractivity contribution is 7.09. The van der Waals surface area contributed by atoms with Gasteiger partial charge in [-0.1, -0.05) is 18.2 Å². The lowest BCUT2D eigenvalue weighted by molar-refractivity contribution is -0.119. The van der Waals surface area contributed by atoms with E-state index in [1.165, 1.54) is 23.5 Å². The largest absolute Gasteiger partial charge is 0.307 e. The van der Waals surface area contributed by atoms with Crippen molar-refractivity contribution in [3.63, 3.8) is 0 Å². The van der Waals surface area contributed by atoms with Gasteiger partial charge >= 0.3 is 0 Å². The molecule has 0 unspecified atom stereocenters. The number of aromatic nitrogens is 2. The first-order valence-corrected chi connectivity index (χ1v) is 10.2.